The van der Waals surface area contributed by atoms with Gasteiger partial charge in [-0.15, -0.1) is 0 Å². The van der Waals surface area contributed by atoms with Gasteiger partial charge in [0.05, 0.1) is 30.0 Å². The molecule has 0 bridgehead atoms. The molecule has 1 aliphatic rings. The van der Waals surface area contributed by atoms with Crippen LogP contribution in [-0.4, -0.2) is 58.2 Å². The van der Waals surface area contributed by atoms with Crippen molar-refractivity contribution >= 4 is 11.7 Å². The first-order chi connectivity index (χ1) is 16.0. The van der Waals surface area contributed by atoms with Gasteiger partial charge < -0.3 is 9.84 Å². The third kappa shape index (κ3) is 4.75. The number of hydrogen-bond donors (Lipinski definition) is 2. The van der Waals surface area contributed by atoms with Crippen molar-refractivity contribution in [2.75, 3.05) is 26.7 Å². The number of ether oxygens (including phenoxy) is 1. The molecule has 2 N–H and O–H groups in total. The predicted molar refractivity (Wildman–Crippen MR) is 127 cm³/mol. The summed E-state index contributed by atoms with van der Waals surface area (Å²) in [6.07, 6.45) is 0.866. The largest absolute Gasteiger partial charge is 0.494 e. The van der Waals surface area contributed by atoms with Crippen LogP contribution < -0.4 is 10.3 Å². The van der Waals surface area contributed by atoms with E-state index < -0.39 is 11.9 Å². The highest BCUT2D eigenvalue weighted by Gasteiger charge is 2.29. The molecule has 1 aromatic heterocycles. The number of benzene rings is 2. The summed E-state index contributed by atoms with van der Waals surface area (Å²) in [5.74, 6) is -1.41. The molecule has 4 rings (SSSR count). The highest BCUT2D eigenvalue weighted by Crippen LogP contribution is 2.24. The number of nitrogens with one attached hydrogen (secondary N) is 1. The molecule has 1 unspecified atom stereocenters. The van der Waals surface area contributed by atoms with Crippen molar-refractivity contribution in [1.82, 2.24) is 14.7 Å². The minimum Gasteiger partial charge on any atom is -0.494 e. The molecular weight excluding hydrogens is 420 g/mol. The molecule has 0 saturated heterocycles. The summed E-state index contributed by atoms with van der Waals surface area (Å²) in [7, 11) is 1.53. The number of carboxylic acid groups (broad SMARTS) is 1. The lowest BCUT2D eigenvalue weighted by Gasteiger charge is -2.21. The second-order valence-electron chi connectivity index (χ2n) is 8.15. The van der Waals surface area contributed by atoms with Gasteiger partial charge in [0.1, 0.15) is 11.4 Å². The van der Waals surface area contributed by atoms with Gasteiger partial charge in [0, 0.05) is 26.2 Å². The Morgan fingerprint density at radius 2 is 1.91 bits per heavy atom. The van der Waals surface area contributed by atoms with Crippen molar-refractivity contribution in [3.05, 3.63) is 81.8 Å². The summed E-state index contributed by atoms with van der Waals surface area (Å²) >= 11 is 0. The van der Waals surface area contributed by atoms with Gasteiger partial charge in [-0.2, -0.15) is 0 Å². The maximum atomic E-state index is 13.6. The number of aliphatic imine (C=N–C) groups is 1. The molecule has 8 heteroatoms. The Labute approximate surface area is 192 Å². The number of hydrogen-bond acceptors (Lipinski definition) is 5. The molecular formula is C25H28N4O4. The van der Waals surface area contributed by atoms with Crippen LogP contribution in [0.1, 0.15) is 36.1 Å². The van der Waals surface area contributed by atoms with Gasteiger partial charge in [0.25, 0.3) is 5.56 Å². The summed E-state index contributed by atoms with van der Waals surface area (Å²) in [6, 6.07) is 17.3. The number of nitrogens with zero attached hydrogens (tertiary/aromatic N) is 3. The number of aliphatic carboxylic acids is 1. The second-order valence-corrected chi connectivity index (χ2v) is 8.15. The van der Waals surface area contributed by atoms with E-state index in [4.69, 9.17) is 9.73 Å². The molecule has 8 nitrogen and oxygen atoms in total. The minimum absolute atomic E-state index is 0.329. The number of carboxylic acids is 1. The zero-order valence-electron chi connectivity index (χ0n) is 18.8. The van der Waals surface area contributed by atoms with E-state index in [0.29, 0.717) is 41.5 Å². The number of carbonyl (C=O) groups is 1. The van der Waals surface area contributed by atoms with Crippen LogP contribution in [-0.2, 0) is 11.3 Å². The van der Waals surface area contributed by atoms with Gasteiger partial charge in [-0.3, -0.25) is 24.6 Å². The van der Waals surface area contributed by atoms with Crippen LogP contribution in [0.25, 0.3) is 5.69 Å². The second kappa shape index (κ2) is 9.87. The van der Waals surface area contributed by atoms with E-state index in [0.717, 1.165) is 19.5 Å². The smallest absolute Gasteiger partial charge is 0.312 e. The number of rotatable bonds is 7. The number of H-pyrrole nitrogens is 1. The van der Waals surface area contributed by atoms with Crippen molar-refractivity contribution < 1.29 is 14.6 Å². The first kappa shape index (κ1) is 22.5. The van der Waals surface area contributed by atoms with Crippen molar-refractivity contribution in [2.45, 2.75) is 25.8 Å². The number of aromatic amines is 1. The molecule has 172 valence electrons. The van der Waals surface area contributed by atoms with Gasteiger partial charge in [-0.1, -0.05) is 42.5 Å². The first-order valence-electron chi connectivity index (χ1n) is 11.0. The first-order valence-corrected chi connectivity index (χ1v) is 11.0. The molecule has 0 spiro atoms. The van der Waals surface area contributed by atoms with Crippen LogP contribution in [0.5, 0.6) is 5.75 Å². The minimum atomic E-state index is -1.01. The Kier molecular flexibility index (Phi) is 6.74. The average Bonchev–Trinajstić information content (AvgIpc) is 3.00. The fourth-order valence-electron chi connectivity index (χ4n) is 4.14. The lowest BCUT2D eigenvalue weighted by molar-refractivity contribution is -0.138. The van der Waals surface area contributed by atoms with Crippen molar-refractivity contribution in [2.24, 2.45) is 4.99 Å². The van der Waals surface area contributed by atoms with Crippen LogP contribution in [0.4, 0.5) is 0 Å². The molecule has 0 aliphatic carbocycles. The summed E-state index contributed by atoms with van der Waals surface area (Å²) < 4.78 is 6.79. The normalized spacial score (nSPS) is 15.5. The van der Waals surface area contributed by atoms with Crippen LogP contribution in [0.2, 0.25) is 0 Å². The van der Waals surface area contributed by atoms with E-state index in [-0.39, 0.29) is 5.56 Å². The third-order valence-corrected chi connectivity index (χ3v) is 5.89. The fraction of sp³-hybridized carbons (Fsp3) is 0.320. The quantitative estimate of drug-likeness (QED) is 0.579. The highest BCUT2D eigenvalue weighted by molar-refractivity contribution is 6.04. The summed E-state index contributed by atoms with van der Waals surface area (Å²) in [5.41, 5.74) is 2.66. The van der Waals surface area contributed by atoms with E-state index in [9.17, 15) is 14.7 Å². The standard InChI is InChI=1S/C25H28N4O4/c1-17(25(31)32)23-22(24(30)29(27-23)20-11-6-7-12-21(20)33-2)19-16-28(14-8-13-26-19)15-18-9-4-3-5-10-18/h3-7,9-12,17,27H,8,13-16H2,1-2H3,(H,31,32). The van der Waals surface area contributed by atoms with Gasteiger partial charge in [-0.05, 0) is 31.0 Å². The molecule has 33 heavy (non-hydrogen) atoms. The van der Waals surface area contributed by atoms with Crippen LogP contribution >= 0.6 is 0 Å². The Morgan fingerprint density at radius 3 is 2.64 bits per heavy atom. The van der Waals surface area contributed by atoms with E-state index >= 15 is 0 Å². The molecule has 0 fully saturated rings. The van der Waals surface area contributed by atoms with E-state index in [1.807, 2.05) is 24.3 Å². The predicted octanol–water partition coefficient (Wildman–Crippen LogP) is 3.06. The number of para-hydroxylation sites is 2. The van der Waals surface area contributed by atoms with Crippen LogP contribution in [0, 0.1) is 0 Å². The van der Waals surface area contributed by atoms with E-state index in [1.165, 1.54) is 17.4 Å². The molecule has 1 atom stereocenters. The molecule has 1 aliphatic heterocycles. The molecule has 0 amide bonds. The van der Waals surface area contributed by atoms with Gasteiger partial charge in [0.15, 0.2) is 0 Å². The zero-order valence-corrected chi connectivity index (χ0v) is 18.8. The van der Waals surface area contributed by atoms with Crippen LogP contribution in [0.3, 0.4) is 0 Å². The number of aromatic nitrogens is 2. The average molecular weight is 449 g/mol. The van der Waals surface area contributed by atoms with Gasteiger partial charge in [-0.25, -0.2) is 4.68 Å². The maximum absolute atomic E-state index is 13.6. The van der Waals surface area contributed by atoms with Crippen LogP contribution in [0.15, 0.2) is 64.4 Å². The summed E-state index contributed by atoms with van der Waals surface area (Å²) in [5, 5.41) is 12.8. The Bertz CT molecular complexity index is 1210. The molecule has 0 saturated carbocycles. The topological polar surface area (TPSA) is 99.9 Å². The van der Waals surface area contributed by atoms with E-state index in [2.05, 4.69) is 22.1 Å². The van der Waals surface area contributed by atoms with Gasteiger partial charge in [0.2, 0.25) is 0 Å². The summed E-state index contributed by atoms with van der Waals surface area (Å²) in [4.78, 5) is 32.5. The van der Waals surface area contributed by atoms with E-state index in [1.54, 1.807) is 25.1 Å². The maximum Gasteiger partial charge on any atom is 0.312 e. The van der Waals surface area contributed by atoms with Crippen molar-refractivity contribution in [3.8, 4) is 11.4 Å². The lowest BCUT2D eigenvalue weighted by Crippen LogP contribution is -2.32. The Balaban J connectivity index is 1.78. The Morgan fingerprint density at radius 1 is 1.18 bits per heavy atom. The third-order valence-electron chi connectivity index (χ3n) is 5.89. The fourth-order valence-corrected chi connectivity index (χ4v) is 4.14. The molecule has 2 heterocycles. The van der Waals surface area contributed by atoms with Gasteiger partial charge >= 0.3 is 5.97 Å². The lowest BCUT2D eigenvalue weighted by atomic mass is 10.0. The highest BCUT2D eigenvalue weighted by atomic mass is 16.5. The number of methoxy groups -OCH3 is 1. The molecule has 0 radical (unpaired) electrons. The van der Waals surface area contributed by atoms with Crippen molar-refractivity contribution in [3.63, 3.8) is 0 Å². The monoisotopic (exact) mass is 448 g/mol. The zero-order chi connectivity index (χ0) is 23.4. The SMILES string of the molecule is COc1ccccc1-n1[nH]c(C(C)C(=O)O)c(C2=NCCCN(Cc3ccccc3)C2)c1=O. The summed E-state index contributed by atoms with van der Waals surface area (Å²) in [6.45, 7) is 4.20. The Hall–Kier alpha value is -3.65. The molecule has 3 aromatic rings. The van der Waals surface area contributed by atoms with Crippen molar-refractivity contribution in [1.29, 1.82) is 0 Å². The molecule has 2 aromatic carbocycles.